The molecule has 1 unspecified atom stereocenters. The minimum absolute atomic E-state index is 0.0926. The maximum atomic E-state index is 11.5. The lowest BCUT2D eigenvalue weighted by Crippen LogP contribution is -2.09. The number of nitrogens with one attached hydrogen (secondary N) is 1. The number of carbonyl (C=O) groups excluding carboxylic acids is 1. The van der Waals surface area contributed by atoms with Crippen molar-refractivity contribution in [3.63, 3.8) is 0 Å². The average molecular weight is 261 g/mol. The van der Waals surface area contributed by atoms with Gasteiger partial charge in [-0.1, -0.05) is 38.3 Å². The van der Waals surface area contributed by atoms with Crippen molar-refractivity contribution < 1.29 is 9.90 Å². The standard InChI is InChI=1S/C16H23NO2/c1-2-3-4-7-15(18)13-9-10-14-12(11-13)6-5-8-16(19)17-14/h9-11,15,18H,2-8H2,1H3,(H,17,19). The van der Waals surface area contributed by atoms with Crippen LogP contribution in [0.15, 0.2) is 18.2 Å². The van der Waals surface area contributed by atoms with Crippen molar-refractivity contribution in [2.45, 2.75) is 58.0 Å². The molecule has 0 bridgehead atoms. The van der Waals surface area contributed by atoms with Crippen molar-refractivity contribution in [2.75, 3.05) is 5.32 Å². The summed E-state index contributed by atoms with van der Waals surface area (Å²) in [5.74, 6) is 0.0926. The van der Waals surface area contributed by atoms with Gasteiger partial charge < -0.3 is 10.4 Å². The highest BCUT2D eigenvalue weighted by molar-refractivity contribution is 5.92. The zero-order valence-electron chi connectivity index (χ0n) is 11.6. The first-order valence-electron chi connectivity index (χ1n) is 7.31. The van der Waals surface area contributed by atoms with Crippen LogP contribution in [-0.2, 0) is 11.2 Å². The molecule has 2 N–H and O–H groups in total. The fourth-order valence-corrected chi connectivity index (χ4v) is 2.56. The molecular weight excluding hydrogens is 238 g/mol. The van der Waals surface area contributed by atoms with Gasteiger partial charge in [0.05, 0.1) is 6.10 Å². The minimum atomic E-state index is -0.379. The van der Waals surface area contributed by atoms with E-state index < -0.39 is 0 Å². The second kappa shape index (κ2) is 6.71. The van der Waals surface area contributed by atoms with E-state index in [4.69, 9.17) is 0 Å². The number of rotatable bonds is 5. The lowest BCUT2D eigenvalue weighted by atomic mass is 9.98. The summed E-state index contributed by atoms with van der Waals surface area (Å²) in [6, 6.07) is 5.91. The number of carbonyl (C=O) groups is 1. The first-order valence-corrected chi connectivity index (χ1v) is 7.31. The SMILES string of the molecule is CCCCCC(O)c1ccc2c(c1)CCCC(=O)N2. The number of aryl methyl sites for hydroxylation is 1. The number of aliphatic hydroxyl groups is 1. The topological polar surface area (TPSA) is 49.3 Å². The zero-order valence-corrected chi connectivity index (χ0v) is 11.6. The lowest BCUT2D eigenvalue weighted by Gasteiger charge is -2.14. The zero-order chi connectivity index (χ0) is 13.7. The van der Waals surface area contributed by atoms with E-state index in [9.17, 15) is 9.90 Å². The van der Waals surface area contributed by atoms with Crippen LogP contribution >= 0.6 is 0 Å². The lowest BCUT2D eigenvalue weighted by molar-refractivity contribution is -0.116. The summed E-state index contributed by atoms with van der Waals surface area (Å²) in [6.45, 7) is 2.16. The Bertz CT molecular complexity index is 442. The quantitative estimate of drug-likeness (QED) is 0.796. The molecule has 19 heavy (non-hydrogen) atoms. The highest BCUT2D eigenvalue weighted by atomic mass is 16.3. The number of hydrogen-bond acceptors (Lipinski definition) is 2. The molecule has 0 saturated heterocycles. The van der Waals surface area contributed by atoms with Gasteiger partial charge in [-0.15, -0.1) is 0 Å². The molecule has 1 atom stereocenters. The molecule has 0 radical (unpaired) electrons. The van der Waals surface area contributed by atoms with Crippen LogP contribution in [0, 0.1) is 0 Å². The van der Waals surface area contributed by atoms with E-state index in [2.05, 4.69) is 18.3 Å². The number of aliphatic hydroxyl groups excluding tert-OH is 1. The third kappa shape index (κ3) is 3.80. The average Bonchev–Trinajstić information content (AvgIpc) is 2.58. The molecule has 3 heteroatoms. The summed E-state index contributed by atoms with van der Waals surface area (Å²) < 4.78 is 0. The third-order valence-electron chi connectivity index (χ3n) is 3.72. The molecule has 1 heterocycles. The van der Waals surface area contributed by atoms with Gasteiger partial charge in [0.15, 0.2) is 0 Å². The first kappa shape index (κ1) is 14.1. The van der Waals surface area contributed by atoms with Crippen molar-refractivity contribution >= 4 is 11.6 Å². The van der Waals surface area contributed by atoms with Crippen molar-refractivity contribution in [1.29, 1.82) is 0 Å². The van der Waals surface area contributed by atoms with Crippen LogP contribution in [0.4, 0.5) is 5.69 Å². The van der Waals surface area contributed by atoms with Crippen molar-refractivity contribution in [3.8, 4) is 0 Å². The summed E-state index contributed by atoms with van der Waals surface area (Å²) in [6.07, 6.45) is 6.21. The van der Waals surface area contributed by atoms with E-state index in [1.807, 2.05) is 12.1 Å². The Balaban J connectivity index is 2.07. The van der Waals surface area contributed by atoms with E-state index >= 15 is 0 Å². The molecule has 0 fully saturated rings. The van der Waals surface area contributed by atoms with E-state index in [0.29, 0.717) is 6.42 Å². The fraction of sp³-hybridized carbons (Fsp3) is 0.562. The van der Waals surface area contributed by atoms with Crippen molar-refractivity contribution in [1.82, 2.24) is 0 Å². The minimum Gasteiger partial charge on any atom is -0.388 e. The highest BCUT2D eigenvalue weighted by Gasteiger charge is 2.15. The number of fused-ring (bicyclic) bond motifs is 1. The fourth-order valence-electron chi connectivity index (χ4n) is 2.56. The molecule has 1 aromatic carbocycles. The van der Waals surface area contributed by atoms with Crippen molar-refractivity contribution in [2.24, 2.45) is 0 Å². The largest absolute Gasteiger partial charge is 0.388 e. The van der Waals surface area contributed by atoms with Gasteiger partial charge in [-0.05, 0) is 36.5 Å². The van der Waals surface area contributed by atoms with Crippen LogP contribution in [0.25, 0.3) is 0 Å². The summed E-state index contributed by atoms with van der Waals surface area (Å²) in [4.78, 5) is 11.5. The maximum Gasteiger partial charge on any atom is 0.224 e. The van der Waals surface area contributed by atoms with E-state index in [-0.39, 0.29) is 12.0 Å². The molecule has 104 valence electrons. The molecule has 1 aromatic rings. The number of hydrogen-bond donors (Lipinski definition) is 2. The molecule has 1 amide bonds. The molecule has 0 spiro atoms. The maximum absolute atomic E-state index is 11.5. The molecule has 0 aliphatic carbocycles. The molecule has 3 nitrogen and oxygen atoms in total. The summed E-state index contributed by atoms with van der Waals surface area (Å²) in [5.41, 5.74) is 3.04. The van der Waals surface area contributed by atoms with Gasteiger partial charge in [-0.3, -0.25) is 4.79 Å². The number of unbranched alkanes of at least 4 members (excludes halogenated alkanes) is 2. The van der Waals surface area contributed by atoms with Gasteiger partial charge in [0.2, 0.25) is 5.91 Å². The smallest absolute Gasteiger partial charge is 0.224 e. The number of benzene rings is 1. The molecule has 1 aliphatic rings. The molecule has 0 aromatic heterocycles. The predicted octanol–water partition coefficient (Wildman–Crippen LogP) is 3.58. The second-order valence-electron chi connectivity index (χ2n) is 5.33. The van der Waals surface area contributed by atoms with Crippen LogP contribution in [0.5, 0.6) is 0 Å². The molecule has 0 saturated carbocycles. The Hall–Kier alpha value is -1.35. The molecule has 1 aliphatic heterocycles. The Morgan fingerprint density at radius 2 is 2.16 bits per heavy atom. The van der Waals surface area contributed by atoms with Gasteiger partial charge >= 0.3 is 0 Å². The third-order valence-corrected chi connectivity index (χ3v) is 3.72. The van der Waals surface area contributed by atoms with Gasteiger partial charge in [0.25, 0.3) is 0 Å². The van der Waals surface area contributed by atoms with Gasteiger partial charge in [-0.2, -0.15) is 0 Å². The number of anilines is 1. The van der Waals surface area contributed by atoms with Crippen LogP contribution in [-0.4, -0.2) is 11.0 Å². The van der Waals surface area contributed by atoms with Crippen LogP contribution < -0.4 is 5.32 Å². The number of amides is 1. The van der Waals surface area contributed by atoms with E-state index in [0.717, 1.165) is 48.9 Å². The summed E-state index contributed by atoms with van der Waals surface area (Å²) in [7, 11) is 0. The Kier molecular flexibility index (Phi) is 4.97. The van der Waals surface area contributed by atoms with Crippen LogP contribution in [0.2, 0.25) is 0 Å². The Morgan fingerprint density at radius 3 is 2.95 bits per heavy atom. The second-order valence-corrected chi connectivity index (χ2v) is 5.33. The monoisotopic (exact) mass is 261 g/mol. The van der Waals surface area contributed by atoms with Gasteiger partial charge in [0, 0.05) is 12.1 Å². The first-order chi connectivity index (χ1) is 9.20. The van der Waals surface area contributed by atoms with Crippen molar-refractivity contribution in [3.05, 3.63) is 29.3 Å². The van der Waals surface area contributed by atoms with Gasteiger partial charge in [-0.25, -0.2) is 0 Å². The van der Waals surface area contributed by atoms with Gasteiger partial charge in [0.1, 0.15) is 0 Å². The van der Waals surface area contributed by atoms with Crippen LogP contribution in [0.1, 0.15) is 62.7 Å². The van der Waals surface area contributed by atoms with E-state index in [1.54, 1.807) is 0 Å². The summed E-state index contributed by atoms with van der Waals surface area (Å²) >= 11 is 0. The molecule has 2 rings (SSSR count). The highest BCUT2D eigenvalue weighted by Crippen LogP contribution is 2.27. The van der Waals surface area contributed by atoms with E-state index in [1.165, 1.54) is 6.42 Å². The molecular formula is C16H23NO2. The Labute approximate surface area is 115 Å². The predicted molar refractivity (Wildman–Crippen MR) is 77.1 cm³/mol. The Morgan fingerprint density at radius 1 is 1.32 bits per heavy atom. The normalized spacial score (nSPS) is 16.4. The summed E-state index contributed by atoms with van der Waals surface area (Å²) in [5, 5.41) is 13.1. The van der Waals surface area contributed by atoms with Crippen LogP contribution in [0.3, 0.4) is 0 Å².